The Hall–Kier alpha value is -0.0800. The highest BCUT2D eigenvalue weighted by Gasteiger charge is 2.47. The standard InChI is InChI=1S/C6H11NO/c8-5-3-6(1-2-6)7-4-5/h5,7-8H,1-4H2/t5-/m0/s1. The first-order valence-corrected chi connectivity index (χ1v) is 3.24. The van der Waals surface area contributed by atoms with E-state index in [4.69, 9.17) is 5.11 Å². The average molecular weight is 113 g/mol. The van der Waals surface area contributed by atoms with Crippen LogP contribution in [0.15, 0.2) is 0 Å². The number of hydrogen-bond acceptors (Lipinski definition) is 2. The van der Waals surface area contributed by atoms with E-state index in [1.807, 2.05) is 0 Å². The van der Waals surface area contributed by atoms with Gasteiger partial charge in [-0.2, -0.15) is 0 Å². The van der Waals surface area contributed by atoms with Crippen molar-refractivity contribution in [3.63, 3.8) is 0 Å². The van der Waals surface area contributed by atoms with Crippen molar-refractivity contribution in [2.75, 3.05) is 6.54 Å². The Labute approximate surface area is 48.9 Å². The number of β-amino-alcohol motifs (C(OH)–C–C–N with tert-alkyl or cyclic N) is 1. The van der Waals surface area contributed by atoms with E-state index in [-0.39, 0.29) is 6.10 Å². The first-order valence-electron chi connectivity index (χ1n) is 3.24. The SMILES string of the molecule is O[C@@H]1CNC2(CC2)C1. The van der Waals surface area contributed by atoms with Gasteiger partial charge in [0.1, 0.15) is 0 Å². The average Bonchev–Trinajstić information content (AvgIpc) is 2.34. The summed E-state index contributed by atoms with van der Waals surface area (Å²) in [6.07, 6.45) is 3.50. The van der Waals surface area contributed by atoms with E-state index in [2.05, 4.69) is 5.32 Å². The summed E-state index contributed by atoms with van der Waals surface area (Å²) in [6, 6.07) is 0. The molecule has 2 aliphatic rings. The van der Waals surface area contributed by atoms with E-state index >= 15 is 0 Å². The van der Waals surface area contributed by atoms with Gasteiger partial charge < -0.3 is 10.4 Å². The summed E-state index contributed by atoms with van der Waals surface area (Å²) in [5.41, 5.74) is 0.416. The van der Waals surface area contributed by atoms with Crippen molar-refractivity contribution in [2.24, 2.45) is 0 Å². The predicted molar refractivity (Wildman–Crippen MR) is 30.6 cm³/mol. The fourth-order valence-corrected chi connectivity index (χ4v) is 1.46. The van der Waals surface area contributed by atoms with Crippen molar-refractivity contribution in [3.8, 4) is 0 Å². The van der Waals surface area contributed by atoms with Crippen molar-refractivity contribution in [2.45, 2.75) is 30.9 Å². The zero-order chi connectivity index (χ0) is 5.61. The molecule has 0 unspecified atom stereocenters. The second-order valence-electron chi connectivity index (χ2n) is 3.02. The molecule has 0 aromatic heterocycles. The molecule has 2 heteroatoms. The molecule has 0 bridgehead atoms. The Kier molecular flexibility index (Phi) is 0.746. The number of hydrogen-bond donors (Lipinski definition) is 2. The van der Waals surface area contributed by atoms with Crippen LogP contribution in [0.4, 0.5) is 0 Å². The van der Waals surface area contributed by atoms with Gasteiger partial charge in [0, 0.05) is 12.1 Å². The van der Waals surface area contributed by atoms with Gasteiger partial charge in [-0.05, 0) is 19.3 Å². The van der Waals surface area contributed by atoms with E-state index in [0.717, 1.165) is 13.0 Å². The van der Waals surface area contributed by atoms with E-state index in [9.17, 15) is 0 Å². The maximum atomic E-state index is 9.04. The van der Waals surface area contributed by atoms with Crippen molar-refractivity contribution in [3.05, 3.63) is 0 Å². The topological polar surface area (TPSA) is 32.3 Å². The van der Waals surface area contributed by atoms with Gasteiger partial charge in [-0.1, -0.05) is 0 Å². The lowest BCUT2D eigenvalue weighted by Gasteiger charge is -2.01. The van der Waals surface area contributed by atoms with Crippen LogP contribution in [0.5, 0.6) is 0 Å². The van der Waals surface area contributed by atoms with Crippen LogP contribution in [0.3, 0.4) is 0 Å². The zero-order valence-corrected chi connectivity index (χ0v) is 4.85. The van der Waals surface area contributed by atoms with Gasteiger partial charge in [0.15, 0.2) is 0 Å². The minimum Gasteiger partial charge on any atom is -0.392 e. The molecule has 0 aromatic rings. The van der Waals surface area contributed by atoms with Crippen LogP contribution in [-0.2, 0) is 0 Å². The monoisotopic (exact) mass is 113 g/mol. The molecule has 8 heavy (non-hydrogen) atoms. The van der Waals surface area contributed by atoms with Gasteiger partial charge in [0.2, 0.25) is 0 Å². The molecule has 1 spiro atoms. The normalized spacial score (nSPS) is 40.9. The molecule has 2 nitrogen and oxygen atoms in total. The van der Waals surface area contributed by atoms with Crippen molar-refractivity contribution >= 4 is 0 Å². The zero-order valence-electron chi connectivity index (χ0n) is 4.85. The van der Waals surface area contributed by atoms with Gasteiger partial charge in [0.25, 0.3) is 0 Å². The van der Waals surface area contributed by atoms with Crippen LogP contribution < -0.4 is 5.32 Å². The lowest BCUT2D eigenvalue weighted by atomic mass is 10.2. The van der Waals surface area contributed by atoms with Gasteiger partial charge in [-0.25, -0.2) is 0 Å². The number of aliphatic hydroxyl groups is 1. The maximum Gasteiger partial charge on any atom is 0.0682 e. The van der Waals surface area contributed by atoms with E-state index in [0.29, 0.717) is 5.54 Å². The van der Waals surface area contributed by atoms with Crippen molar-refractivity contribution in [1.82, 2.24) is 5.32 Å². The second-order valence-corrected chi connectivity index (χ2v) is 3.02. The van der Waals surface area contributed by atoms with Gasteiger partial charge >= 0.3 is 0 Å². The highest BCUT2D eigenvalue weighted by Crippen LogP contribution is 2.42. The molecule has 1 aliphatic heterocycles. The molecule has 0 amide bonds. The first kappa shape index (κ1) is 4.77. The third-order valence-corrected chi connectivity index (χ3v) is 2.19. The van der Waals surface area contributed by atoms with Crippen LogP contribution in [0, 0.1) is 0 Å². The van der Waals surface area contributed by atoms with Crippen molar-refractivity contribution < 1.29 is 5.11 Å². The van der Waals surface area contributed by atoms with Crippen LogP contribution in [-0.4, -0.2) is 23.3 Å². The third kappa shape index (κ3) is 0.565. The molecule has 1 heterocycles. The van der Waals surface area contributed by atoms with Crippen LogP contribution in [0.2, 0.25) is 0 Å². The van der Waals surface area contributed by atoms with Gasteiger partial charge in [0.05, 0.1) is 6.10 Å². The Morgan fingerprint density at radius 3 is 2.50 bits per heavy atom. The lowest BCUT2D eigenvalue weighted by Crippen LogP contribution is -2.22. The fraction of sp³-hybridized carbons (Fsp3) is 1.00. The number of nitrogens with one attached hydrogen (secondary N) is 1. The van der Waals surface area contributed by atoms with Crippen LogP contribution in [0.1, 0.15) is 19.3 Å². The summed E-state index contributed by atoms with van der Waals surface area (Å²) in [4.78, 5) is 0. The molecule has 2 fully saturated rings. The summed E-state index contributed by atoms with van der Waals surface area (Å²) in [5, 5.41) is 12.3. The molecule has 2 rings (SSSR count). The largest absolute Gasteiger partial charge is 0.392 e. The highest BCUT2D eigenvalue weighted by atomic mass is 16.3. The Bertz CT molecular complexity index is 109. The van der Waals surface area contributed by atoms with Gasteiger partial charge in [-0.3, -0.25) is 0 Å². The molecule has 0 radical (unpaired) electrons. The maximum absolute atomic E-state index is 9.04. The first-order chi connectivity index (χ1) is 3.81. The summed E-state index contributed by atoms with van der Waals surface area (Å²) in [7, 11) is 0. The van der Waals surface area contributed by atoms with Crippen molar-refractivity contribution in [1.29, 1.82) is 0 Å². The molecule has 1 saturated carbocycles. The smallest absolute Gasteiger partial charge is 0.0682 e. The quantitative estimate of drug-likeness (QED) is 0.459. The molecule has 1 atom stereocenters. The second kappa shape index (κ2) is 1.25. The summed E-state index contributed by atoms with van der Waals surface area (Å²) < 4.78 is 0. The molecule has 0 aromatic carbocycles. The van der Waals surface area contributed by atoms with E-state index in [1.165, 1.54) is 12.8 Å². The number of rotatable bonds is 0. The molecular weight excluding hydrogens is 102 g/mol. The minimum absolute atomic E-state index is 0.0579. The van der Waals surface area contributed by atoms with Gasteiger partial charge in [-0.15, -0.1) is 0 Å². The molecule has 2 N–H and O–H groups in total. The van der Waals surface area contributed by atoms with Crippen LogP contribution >= 0.6 is 0 Å². The Morgan fingerprint density at radius 1 is 1.50 bits per heavy atom. The Morgan fingerprint density at radius 2 is 2.25 bits per heavy atom. The lowest BCUT2D eigenvalue weighted by molar-refractivity contribution is 0.192. The summed E-state index contributed by atoms with van der Waals surface area (Å²) in [5.74, 6) is 0. The van der Waals surface area contributed by atoms with Crippen LogP contribution in [0.25, 0.3) is 0 Å². The number of aliphatic hydroxyl groups excluding tert-OH is 1. The third-order valence-electron chi connectivity index (χ3n) is 2.19. The predicted octanol–water partition coefficient (Wildman–Crippen LogP) is -0.127. The highest BCUT2D eigenvalue weighted by molar-refractivity contribution is 5.07. The Balaban J connectivity index is 2.03. The summed E-state index contributed by atoms with van der Waals surface area (Å²) in [6.45, 7) is 0.819. The van der Waals surface area contributed by atoms with E-state index < -0.39 is 0 Å². The summed E-state index contributed by atoms with van der Waals surface area (Å²) >= 11 is 0. The molecular formula is C6H11NO. The fourth-order valence-electron chi connectivity index (χ4n) is 1.46. The minimum atomic E-state index is -0.0579. The van der Waals surface area contributed by atoms with E-state index in [1.54, 1.807) is 0 Å². The molecule has 1 aliphatic carbocycles. The molecule has 1 saturated heterocycles. The molecule has 46 valence electrons.